The molecule has 0 saturated heterocycles. The van der Waals surface area contributed by atoms with Crippen LogP contribution >= 0.6 is 0 Å². The third kappa shape index (κ3) is 1.47. The lowest BCUT2D eigenvalue weighted by Crippen LogP contribution is -2.37. The van der Waals surface area contributed by atoms with Crippen LogP contribution in [0, 0.1) is 11.3 Å². The maximum atomic E-state index is 12.0. The summed E-state index contributed by atoms with van der Waals surface area (Å²) in [6.45, 7) is 2.30. The van der Waals surface area contributed by atoms with Gasteiger partial charge >= 0.3 is 0 Å². The van der Waals surface area contributed by atoms with Crippen molar-refractivity contribution in [1.82, 2.24) is 0 Å². The van der Waals surface area contributed by atoms with Crippen molar-refractivity contribution < 1.29 is 4.79 Å². The summed E-state index contributed by atoms with van der Waals surface area (Å²) in [7, 11) is 0. The molecule has 0 unspecified atom stereocenters. The highest BCUT2D eigenvalue weighted by Gasteiger charge is 2.65. The molecule has 1 aromatic carbocycles. The zero-order chi connectivity index (χ0) is 13.8. The molecule has 3 aliphatic carbocycles. The van der Waals surface area contributed by atoms with E-state index in [4.69, 9.17) is 0 Å². The number of hydrogen-bond acceptors (Lipinski definition) is 1. The molecule has 1 heteroatoms. The van der Waals surface area contributed by atoms with Crippen LogP contribution < -0.4 is 0 Å². The Morgan fingerprint density at radius 2 is 1.80 bits per heavy atom. The van der Waals surface area contributed by atoms with Gasteiger partial charge in [-0.1, -0.05) is 42.0 Å². The Balaban J connectivity index is 1.88. The topological polar surface area (TPSA) is 17.1 Å². The second-order valence-electron chi connectivity index (χ2n) is 7.01. The highest BCUT2D eigenvalue weighted by Crippen LogP contribution is 2.72. The summed E-state index contributed by atoms with van der Waals surface area (Å²) in [5.41, 5.74) is 3.56. The van der Waals surface area contributed by atoms with E-state index in [1.54, 1.807) is 5.57 Å². The molecule has 4 rings (SSSR count). The van der Waals surface area contributed by atoms with E-state index >= 15 is 0 Å². The average Bonchev–Trinajstić information content (AvgIpc) is 3.20. The third-order valence-corrected chi connectivity index (χ3v) is 6.17. The summed E-state index contributed by atoms with van der Waals surface area (Å²) in [4.78, 5) is 12.0. The van der Waals surface area contributed by atoms with Crippen LogP contribution in [0.25, 0.3) is 0 Å². The van der Waals surface area contributed by atoms with Crippen molar-refractivity contribution in [3.63, 3.8) is 0 Å². The van der Waals surface area contributed by atoms with Crippen LogP contribution in [0.3, 0.4) is 0 Å². The van der Waals surface area contributed by atoms with Gasteiger partial charge in [0.15, 0.2) is 0 Å². The maximum absolute atomic E-state index is 12.0. The van der Waals surface area contributed by atoms with E-state index in [2.05, 4.69) is 43.3 Å². The largest absolute Gasteiger partial charge is 0.300 e. The molecule has 0 radical (unpaired) electrons. The van der Waals surface area contributed by atoms with Crippen molar-refractivity contribution >= 4 is 5.78 Å². The van der Waals surface area contributed by atoms with E-state index in [1.165, 1.54) is 18.4 Å². The van der Waals surface area contributed by atoms with Crippen LogP contribution in [0.2, 0.25) is 0 Å². The predicted octanol–water partition coefficient (Wildman–Crippen LogP) is 4.42. The molecule has 20 heavy (non-hydrogen) atoms. The fourth-order valence-corrected chi connectivity index (χ4v) is 5.15. The molecule has 1 spiro atoms. The molecular formula is C19H22O. The minimum absolute atomic E-state index is 0.138. The number of hydrogen-bond donors (Lipinski definition) is 0. The van der Waals surface area contributed by atoms with E-state index in [0.29, 0.717) is 17.1 Å². The summed E-state index contributed by atoms with van der Waals surface area (Å²) in [5.74, 6) is 1.11. The number of ketones is 1. The lowest BCUT2D eigenvalue weighted by atomic mass is 9.62. The first-order chi connectivity index (χ1) is 9.68. The van der Waals surface area contributed by atoms with Crippen LogP contribution in [0.15, 0.2) is 42.0 Å². The number of Topliss-reactive ketones (excluding diaryl/α,β-unsaturated/α-hetero) is 1. The molecule has 0 amide bonds. The Morgan fingerprint density at radius 3 is 2.50 bits per heavy atom. The van der Waals surface area contributed by atoms with Crippen molar-refractivity contribution in [2.45, 2.75) is 50.9 Å². The fourth-order valence-electron chi connectivity index (χ4n) is 5.15. The van der Waals surface area contributed by atoms with Gasteiger partial charge in [-0.15, -0.1) is 0 Å². The first kappa shape index (κ1) is 12.4. The Kier molecular flexibility index (Phi) is 2.52. The van der Waals surface area contributed by atoms with E-state index in [0.717, 1.165) is 25.7 Å². The zero-order valence-corrected chi connectivity index (χ0v) is 12.2. The average molecular weight is 266 g/mol. The third-order valence-electron chi connectivity index (χ3n) is 6.17. The van der Waals surface area contributed by atoms with Crippen LogP contribution in [-0.2, 0) is 10.2 Å². The van der Waals surface area contributed by atoms with Gasteiger partial charge in [0.1, 0.15) is 5.78 Å². The summed E-state index contributed by atoms with van der Waals surface area (Å²) in [6, 6.07) is 10.9. The predicted molar refractivity (Wildman–Crippen MR) is 80.5 cm³/mol. The summed E-state index contributed by atoms with van der Waals surface area (Å²) < 4.78 is 0. The lowest BCUT2D eigenvalue weighted by Gasteiger charge is -2.40. The monoisotopic (exact) mass is 266 g/mol. The van der Waals surface area contributed by atoms with Crippen molar-refractivity contribution in [2.24, 2.45) is 11.3 Å². The summed E-state index contributed by atoms with van der Waals surface area (Å²) in [5, 5.41) is 0. The quantitative estimate of drug-likeness (QED) is 0.687. The van der Waals surface area contributed by atoms with Crippen molar-refractivity contribution in [3.8, 4) is 0 Å². The highest BCUT2D eigenvalue weighted by atomic mass is 16.1. The normalized spacial score (nSPS) is 34.5. The standard InChI is InChI=1S/C19H22O/c1-14-13-19(15-5-3-2-4-6-15)10-9-16(20)7-8-17(14)18(19)11-12-18/h2-6,13,17H,7-12H2,1H3/t17-,19+/m0/s1. The molecule has 2 bridgehead atoms. The Bertz CT molecular complexity index is 579. The van der Waals surface area contributed by atoms with Gasteiger partial charge in [0.05, 0.1) is 0 Å². The molecule has 0 N–H and O–H groups in total. The fraction of sp³-hybridized carbons (Fsp3) is 0.526. The van der Waals surface area contributed by atoms with E-state index in [1.807, 2.05) is 0 Å². The number of benzene rings is 1. The maximum Gasteiger partial charge on any atom is 0.132 e. The van der Waals surface area contributed by atoms with Gasteiger partial charge in [-0.3, -0.25) is 4.79 Å². The van der Waals surface area contributed by atoms with Gasteiger partial charge in [-0.05, 0) is 49.5 Å². The SMILES string of the molecule is CC1=C[C@@]2(c3ccccc3)CCC(=O)CC[C@@H]1C21CC1. The van der Waals surface area contributed by atoms with Crippen LogP contribution in [-0.4, -0.2) is 5.78 Å². The molecule has 0 aromatic heterocycles. The van der Waals surface area contributed by atoms with Crippen molar-refractivity contribution in [2.75, 3.05) is 0 Å². The van der Waals surface area contributed by atoms with Crippen LogP contribution in [0.1, 0.15) is 51.0 Å². The van der Waals surface area contributed by atoms with Gasteiger partial charge < -0.3 is 0 Å². The molecule has 2 atom stereocenters. The van der Waals surface area contributed by atoms with Gasteiger partial charge in [0.25, 0.3) is 0 Å². The van der Waals surface area contributed by atoms with E-state index in [-0.39, 0.29) is 5.41 Å². The molecule has 104 valence electrons. The Hall–Kier alpha value is -1.37. The van der Waals surface area contributed by atoms with Crippen LogP contribution in [0.4, 0.5) is 0 Å². The Labute approximate surface area is 121 Å². The second-order valence-corrected chi connectivity index (χ2v) is 7.01. The number of carbonyl (C=O) groups is 1. The minimum Gasteiger partial charge on any atom is -0.300 e. The van der Waals surface area contributed by atoms with Gasteiger partial charge in [0, 0.05) is 18.3 Å². The second kappa shape index (κ2) is 4.07. The number of allylic oxidation sites excluding steroid dienone is 2. The highest BCUT2D eigenvalue weighted by molar-refractivity contribution is 5.79. The summed E-state index contributed by atoms with van der Waals surface area (Å²) >= 11 is 0. The van der Waals surface area contributed by atoms with E-state index < -0.39 is 0 Å². The van der Waals surface area contributed by atoms with Gasteiger partial charge in [0.2, 0.25) is 0 Å². The Morgan fingerprint density at radius 1 is 1.05 bits per heavy atom. The zero-order valence-electron chi connectivity index (χ0n) is 12.2. The molecule has 0 aliphatic heterocycles. The molecule has 1 nitrogen and oxygen atoms in total. The lowest BCUT2D eigenvalue weighted by molar-refractivity contribution is -0.120. The molecule has 3 aliphatic rings. The number of carbonyl (C=O) groups excluding carboxylic acids is 1. The van der Waals surface area contributed by atoms with Gasteiger partial charge in [-0.2, -0.15) is 0 Å². The molecule has 2 saturated carbocycles. The smallest absolute Gasteiger partial charge is 0.132 e. The molecular weight excluding hydrogens is 244 g/mol. The van der Waals surface area contributed by atoms with Crippen molar-refractivity contribution in [1.29, 1.82) is 0 Å². The molecule has 0 heterocycles. The minimum atomic E-state index is 0.138. The van der Waals surface area contributed by atoms with Crippen molar-refractivity contribution in [3.05, 3.63) is 47.5 Å². The first-order valence-electron chi connectivity index (χ1n) is 7.95. The van der Waals surface area contributed by atoms with Crippen LogP contribution in [0.5, 0.6) is 0 Å². The molecule has 1 aromatic rings. The first-order valence-corrected chi connectivity index (χ1v) is 7.95. The summed E-state index contributed by atoms with van der Waals surface area (Å²) in [6.07, 6.45) is 8.87. The van der Waals surface area contributed by atoms with Gasteiger partial charge in [-0.25, -0.2) is 0 Å². The number of rotatable bonds is 1. The van der Waals surface area contributed by atoms with E-state index in [9.17, 15) is 4.79 Å². The molecule has 2 fully saturated rings.